The van der Waals surface area contributed by atoms with Gasteiger partial charge in [0.15, 0.2) is 0 Å². The van der Waals surface area contributed by atoms with Gasteiger partial charge in [-0.05, 0) is 13.0 Å². The number of carbonyl (C=O) groups excluding carboxylic acids is 1. The zero-order valence-electron chi connectivity index (χ0n) is 9.94. The summed E-state index contributed by atoms with van der Waals surface area (Å²) >= 11 is 0. The number of nitrogens with zero attached hydrogens (tertiary/aromatic N) is 3. The molecular weight excluding hydrogens is 218 g/mol. The van der Waals surface area contributed by atoms with Gasteiger partial charge in [0.05, 0.1) is 5.69 Å². The molecule has 92 valence electrons. The van der Waals surface area contributed by atoms with Gasteiger partial charge in [-0.1, -0.05) is 0 Å². The van der Waals surface area contributed by atoms with Crippen molar-refractivity contribution in [2.75, 3.05) is 24.5 Å². The minimum atomic E-state index is 0.0826. The summed E-state index contributed by atoms with van der Waals surface area (Å²) in [4.78, 5) is 22.1. The van der Waals surface area contributed by atoms with E-state index >= 15 is 0 Å². The van der Waals surface area contributed by atoms with E-state index in [0.717, 1.165) is 17.9 Å². The van der Waals surface area contributed by atoms with Crippen LogP contribution in [0, 0.1) is 6.92 Å². The number of nitrogens with one attached hydrogen (secondary N) is 1. The Balaban J connectivity index is 2.20. The third-order valence-corrected chi connectivity index (χ3v) is 2.70. The molecule has 1 aliphatic rings. The average Bonchev–Trinajstić information content (AvgIpc) is 2.53. The van der Waals surface area contributed by atoms with Crippen molar-refractivity contribution in [2.24, 2.45) is 5.73 Å². The van der Waals surface area contributed by atoms with Crippen LogP contribution < -0.4 is 16.0 Å². The summed E-state index contributed by atoms with van der Waals surface area (Å²) in [7, 11) is 0. The Bertz CT molecular complexity index is 420. The molecule has 1 aromatic heterocycles. The molecule has 1 saturated heterocycles. The lowest BCUT2D eigenvalue weighted by Gasteiger charge is -2.20. The molecule has 6 nitrogen and oxygen atoms in total. The van der Waals surface area contributed by atoms with Crippen molar-refractivity contribution in [3.63, 3.8) is 0 Å². The highest BCUT2D eigenvalue weighted by Crippen LogP contribution is 2.11. The first kappa shape index (κ1) is 11.8. The fourth-order valence-electron chi connectivity index (χ4n) is 1.83. The van der Waals surface area contributed by atoms with E-state index in [4.69, 9.17) is 5.73 Å². The lowest BCUT2D eigenvalue weighted by Crippen LogP contribution is -2.30. The molecule has 6 heteroatoms. The number of anilines is 1. The van der Waals surface area contributed by atoms with E-state index in [2.05, 4.69) is 15.3 Å². The Morgan fingerprint density at radius 3 is 3.06 bits per heavy atom. The molecule has 0 aromatic carbocycles. The van der Waals surface area contributed by atoms with Crippen molar-refractivity contribution in [1.29, 1.82) is 0 Å². The first-order chi connectivity index (χ1) is 8.19. The normalized spacial score (nSPS) is 16.6. The average molecular weight is 235 g/mol. The molecule has 0 atom stereocenters. The molecule has 0 unspecified atom stereocenters. The van der Waals surface area contributed by atoms with Gasteiger partial charge in [0.1, 0.15) is 0 Å². The van der Waals surface area contributed by atoms with Crippen LogP contribution in [0.4, 0.5) is 5.95 Å². The second kappa shape index (κ2) is 5.09. The predicted octanol–water partition coefficient (Wildman–Crippen LogP) is -0.430. The van der Waals surface area contributed by atoms with Crippen LogP contribution in [-0.4, -0.2) is 35.5 Å². The Morgan fingerprint density at radius 2 is 2.29 bits per heavy atom. The third kappa shape index (κ3) is 2.91. The first-order valence-corrected chi connectivity index (χ1v) is 5.75. The number of carbonyl (C=O) groups is 1. The summed E-state index contributed by atoms with van der Waals surface area (Å²) in [6, 6.07) is 1.88. The van der Waals surface area contributed by atoms with E-state index in [9.17, 15) is 4.79 Å². The van der Waals surface area contributed by atoms with Crippen molar-refractivity contribution in [1.82, 2.24) is 15.3 Å². The number of rotatable bonds is 2. The molecule has 0 aliphatic carbocycles. The minimum absolute atomic E-state index is 0.0826. The molecular formula is C11H17N5O. The van der Waals surface area contributed by atoms with Crippen LogP contribution >= 0.6 is 0 Å². The van der Waals surface area contributed by atoms with Gasteiger partial charge in [-0.3, -0.25) is 4.79 Å². The Hall–Kier alpha value is -1.69. The molecule has 2 rings (SSSR count). The van der Waals surface area contributed by atoms with Gasteiger partial charge in [-0.2, -0.15) is 0 Å². The van der Waals surface area contributed by atoms with E-state index in [1.54, 1.807) is 0 Å². The van der Waals surface area contributed by atoms with Crippen molar-refractivity contribution in [3.8, 4) is 0 Å². The number of amides is 1. The number of aryl methyl sites for hydroxylation is 1. The summed E-state index contributed by atoms with van der Waals surface area (Å²) in [5.74, 6) is 0.751. The van der Waals surface area contributed by atoms with Gasteiger partial charge in [0, 0.05) is 38.3 Å². The van der Waals surface area contributed by atoms with Crippen LogP contribution in [0.3, 0.4) is 0 Å². The lowest BCUT2D eigenvalue weighted by atomic mass is 10.3. The summed E-state index contributed by atoms with van der Waals surface area (Å²) in [5.41, 5.74) is 7.33. The molecule has 3 N–H and O–H groups in total. The molecule has 1 aliphatic heterocycles. The smallest absolute Gasteiger partial charge is 0.225 e. The van der Waals surface area contributed by atoms with Crippen LogP contribution in [0.1, 0.15) is 17.8 Å². The zero-order chi connectivity index (χ0) is 12.3. The maximum atomic E-state index is 11.3. The highest BCUT2D eigenvalue weighted by Gasteiger charge is 2.16. The highest BCUT2D eigenvalue weighted by atomic mass is 16.1. The summed E-state index contributed by atoms with van der Waals surface area (Å²) in [6.45, 7) is 4.35. The van der Waals surface area contributed by atoms with Gasteiger partial charge in [-0.15, -0.1) is 0 Å². The SMILES string of the molecule is Cc1cc(CN)nc(N2CCNC(=O)CC2)n1. The van der Waals surface area contributed by atoms with Crippen LogP contribution in [-0.2, 0) is 11.3 Å². The Labute approximate surface area is 100 Å². The molecule has 1 aromatic rings. The topological polar surface area (TPSA) is 84.1 Å². The molecule has 1 fully saturated rings. The van der Waals surface area contributed by atoms with Gasteiger partial charge in [0.25, 0.3) is 0 Å². The fourth-order valence-corrected chi connectivity index (χ4v) is 1.83. The molecule has 2 heterocycles. The summed E-state index contributed by atoms with van der Waals surface area (Å²) in [6.07, 6.45) is 0.481. The van der Waals surface area contributed by atoms with E-state index in [1.165, 1.54) is 0 Å². The van der Waals surface area contributed by atoms with Crippen molar-refractivity contribution in [3.05, 3.63) is 17.5 Å². The van der Waals surface area contributed by atoms with Gasteiger partial charge in [-0.25, -0.2) is 9.97 Å². The highest BCUT2D eigenvalue weighted by molar-refractivity contribution is 5.76. The number of nitrogens with two attached hydrogens (primary N) is 1. The maximum Gasteiger partial charge on any atom is 0.225 e. The summed E-state index contributed by atoms with van der Waals surface area (Å²) < 4.78 is 0. The largest absolute Gasteiger partial charge is 0.354 e. The lowest BCUT2D eigenvalue weighted by molar-refractivity contribution is -0.120. The Morgan fingerprint density at radius 1 is 1.47 bits per heavy atom. The third-order valence-electron chi connectivity index (χ3n) is 2.70. The molecule has 17 heavy (non-hydrogen) atoms. The molecule has 0 spiro atoms. The van der Waals surface area contributed by atoms with E-state index in [-0.39, 0.29) is 5.91 Å². The van der Waals surface area contributed by atoms with Crippen molar-refractivity contribution < 1.29 is 4.79 Å². The van der Waals surface area contributed by atoms with E-state index < -0.39 is 0 Å². The van der Waals surface area contributed by atoms with Gasteiger partial charge in [0.2, 0.25) is 11.9 Å². The standard InChI is InChI=1S/C11H17N5O/c1-8-6-9(7-12)15-11(14-8)16-4-2-10(17)13-3-5-16/h6H,2-5,7,12H2,1H3,(H,13,17). The molecule has 0 saturated carbocycles. The summed E-state index contributed by atoms with van der Waals surface area (Å²) in [5, 5.41) is 2.83. The monoisotopic (exact) mass is 235 g/mol. The Kier molecular flexibility index (Phi) is 3.53. The number of hydrogen-bond acceptors (Lipinski definition) is 5. The molecule has 0 bridgehead atoms. The number of hydrogen-bond donors (Lipinski definition) is 2. The zero-order valence-corrected chi connectivity index (χ0v) is 9.94. The van der Waals surface area contributed by atoms with Crippen molar-refractivity contribution >= 4 is 11.9 Å². The molecule has 0 radical (unpaired) electrons. The fraction of sp³-hybridized carbons (Fsp3) is 0.545. The van der Waals surface area contributed by atoms with Crippen LogP contribution in [0.5, 0.6) is 0 Å². The predicted molar refractivity (Wildman–Crippen MR) is 64.5 cm³/mol. The van der Waals surface area contributed by atoms with E-state index in [1.807, 2.05) is 17.9 Å². The van der Waals surface area contributed by atoms with Crippen LogP contribution in [0.2, 0.25) is 0 Å². The quantitative estimate of drug-likeness (QED) is 0.726. The van der Waals surface area contributed by atoms with Crippen molar-refractivity contribution in [2.45, 2.75) is 19.9 Å². The second-order valence-corrected chi connectivity index (χ2v) is 4.09. The van der Waals surface area contributed by atoms with Crippen LogP contribution in [0.25, 0.3) is 0 Å². The van der Waals surface area contributed by atoms with Gasteiger partial charge < -0.3 is 16.0 Å². The maximum absolute atomic E-state index is 11.3. The van der Waals surface area contributed by atoms with Gasteiger partial charge >= 0.3 is 0 Å². The second-order valence-electron chi connectivity index (χ2n) is 4.09. The van der Waals surface area contributed by atoms with Crippen LogP contribution in [0.15, 0.2) is 6.07 Å². The first-order valence-electron chi connectivity index (χ1n) is 5.75. The minimum Gasteiger partial charge on any atom is -0.354 e. The molecule has 1 amide bonds. The number of aromatic nitrogens is 2. The van der Waals surface area contributed by atoms with E-state index in [0.29, 0.717) is 32.0 Å².